The summed E-state index contributed by atoms with van der Waals surface area (Å²) in [4.78, 5) is 12.1. The highest BCUT2D eigenvalue weighted by molar-refractivity contribution is 5.66. The second-order valence-corrected chi connectivity index (χ2v) is 3.62. The van der Waals surface area contributed by atoms with Crippen molar-refractivity contribution in [2.24, 2.45) is 0 Å². The zero-order chi connectivity index (χ0) is 12.5. The van der Waals surface area contributed by atoms with Gasteiger partial charge in [-0.1, -0.05) is 0 Å². The molecule has 90 valence electrons. The van der Waals surface area contributed by atoms with Crippen LogP contribution < -0.4 is 10.5 Å². The van der Waals surface area contributed by atoms with Gasteiger partial charge in [0.1, 0.15) is 6.33 Å². The standard InChI is InChI=1S/C11H10N6O/c1-18-9-3-2-8(7-4-13-6-14-5-7)17-10(9)15-11(12)16-17/h2-6H,1H3,(H2,12,16). The first-order valence-corrected chi connectivity index (χ1v) is 5.24. The molecule has 0 spiro atoms. The van der Waals surface area contributed by atoms with Crippen molar-refractivity contribution in [3.63, 3.8) is 0 Å². The van der Waals surface area contributed by atoms with Crippen LogP contribution in [0, 0.1) is 0 Å². The van der Waals surface area contributed by atoms with Crippen LogP contribution in [-0.2, 0) is 0 Å². The van der Waals surface area contributed by atoms with E-state index in [2.05, 4.69) is 20.1 Å². The summed E-state index contributed by atoms with van der Waals surface area (Å²) >= 11 is 0. The minimum absolute atomic E-state index is 0.192. The first-order chi connectivity index (χ1) is 8.79. The van der Waals surface area contributed by atoms with Gasteiger partial charge in [0.15, 0.2) is 11.4 Å². The molecule has 0 bridgehead atoms. The summed E-state index contributed by atoms with van der Waals surface area (Å²) in [5.41, 5.74) is 7.83. The molecule has 7 heteroatoms. The van der Waals surface area contributed by atoms with Gasteiger partial charge < -0.3 is 10.5 Å². The van der Waals surface area contributed by atoms with Crippen LogP contribution in [-0.4, -0.2) is 31.7 Å². The molecule has 0 radical (unpaired) electrons. The summed E-state index contributed by atoms with van der Waals surface area (Å²) in [6.07, 6.45) is 4.87. The monoisotopic (exact) mass is 242 g/mol. The molecule has 3 heterocycles. The summed E-state index contributed by atoms with van der Waals surface area (Å²) < 4.78 is 6.84. The Morgan fingerprint density at radius 2 is 2.00 bits per heavy atom. The van der Waals surface area contributed by atoms with Crippen LogP contribution in [0.3, 0.4) is 0 Å². The van der Waals surface area contributed by atoms with Crippen molar-refractivity contribution in [2.45, 2.75) is 0 Å². The molecule has 0 aromatic carbocycles. The third kappa shape index (κ3) is 1.53. The fourth-order valence-corrected chi connectivity index (χ4v) is 1.76. The van der Waals surface area contributed by atoms with Crippen molar-refractivity contribution in [3.05, 3.63) is 30.9 Å². The van der Waals surface area contributed by atoms with Gasteiger partial charge in [-0.2, -0.15) is 4.98 Å². The van der Waals surface area contributed by atoms with Crippen LogP contribution in [0.25, 0.3) is 16.9 Å². The number of aromatic nitrogens is 5. The number of hydrogen-bond acceptors (Lipinski definition) is 6. The van der Waals surface area contributed by atoms with Crippen LogP contribution in [0.1, 0.15) is 0 Å². The molecule has 7 nitrogen and oxygen atoms in total. The zero-order valence-corrected chi connectivity index (χ0v) is 9.61. The first-order valence-electron chi connectivity index (χ1n) is 5.24. The number of fused-ring (bicyclic) bond motifs is 1. The molecular weight excluding hydrogens is 232 g/mol. The number of rotatable bonds is 2. The number of ether oxygens (including phenoxy) is 1. The lowest BCUT2D eigenvalue weighted by molar-refractivity contribution is 0.416. The van der Waals surface area contributed by atoms with Crippen molar-refractivity contribution in [3.8, 4) is 17.0 Å². The average molecular weight is 242 g/mol. The van der Waals surface area contributed by atoms with Gasteiger partial charge >= 0.3 is 0 Å². The molecule has 0 unspecified atom stereocenters. The lowest BCUT2D eigenvalue weighted by Gasteiger charge is -2.06. The molecule has 0 aliphatic rings. The molecule has 0 saturated heterocycles. The Bertz CT molecular complexity index is 693. The van der Waals surface area contributed by atoms with E-state index in [4.69, 9.17) is 10.5 Å². The summed E-state index contributed by atoms with van der Waals surface area (Å²) in [5, 5.41) is 4.15. The van der Waals surface area contributed by atoms with E-state index >= 15 is 0 Å². The third-order valence-electron chi connectivity index (χ3n) is 2.54. The predicted molar refractivity (Wildman–Crippen MR) is 65.0 cm³/mol. The molecule has 0 saturated carbocycles. The van der Waals surface area contributed by atoms with E-state index in [1.54, 1.807) is 24.0 Å². The Balaban J connectivity index is 2.31. The summed E-state index contributed by atoms with van der Waals surface area (Å²) in [7, 11) is 1.57. The van der Waals surface area contributed by atoms with Gasteiger partial charge in [0, 0.05) is 18.0 Å². The van der Waals surface area contributed by atoms with Crippen LogP contribution in [0.2, 0.25) is 0 Å². The lowest BCUT2D eigenvalue weighted by Crippen LogP contribution is -1.97. The van der Waals surface area contributed by atoms with Gasteiger partial charge in [-0.15, -0.1) is 5.10 Å². The maximum atomic E-state index is 5.63. The second kappa shape index (κ2) is 3.95. The highest BCUT2D eigenvalue weighted by Gasteiger charge is 2.12. The minimum Gasteiger partial charge on any atom is -0.493 e. The van der Waals surface area contributed by atoms with E-state index in [9.17, 15) is 0 Å². The van der Waals surface area contributed by atoms with Gasteiger partial charge in [0.05, 0.1) is 12.8 Å². The number of pyridine rings is 1. The molecule has 0 atom stereocenters. The quantitative estimate of drug-likeness (QED) is 0.714. The van der Waals surface area contributed by atoms with Gasteiger partial charge in [-0.3, -0.25) is 0 Å². The average Bonchev–Trinajstić information content (AvgIpc) is 2.80. The van der Waals surface area contributed by atoms with Crippen LogP contribution >= 0.6 is 0 Å². The van der Waals surface area contributed by atoms with E-state index in [0.29, 0.717) is 11.4 Å². The van der Waals surface area contributed by atoms with Gasteiger partial charge in [0.2, 0.25) is 5.95 Å². The Morgan fingerprint density at radius 1 is 1.22 bits per heavy atom. The van der Waals surface area contributed by atoms with Crippen molar-refractivity contribution >= 4 is 11.6 Å². The third-order valence-corrected chi connectivity index (χ3v) is 2.54. The van der Waals surface area contributed by atoms with E-state index in [1.807, 2.05) is 12.1 Å². The molecule has 0 amide bonds. The Morgan fingerprint density at radius 3 is 2.72 bits per heavy atom. The largest absolute Gasteiger partial charge is 0.493 e. The topological polar surface area (TPSA) is 91.2 Å². The summed E-state index contributed by atoms with van der Waals surface area (Å²) in [5.74, 6) is 0.803. The Kier molecular flexibility index (Phi) is 2.30. The highest BCUT2D eigenvalue weighted by atomic mass is 16.5. The molecule has 0 aliphatic carbocycles. The van der Waals surface area contributed by atoms with Crippen LogP contribution in [0.4, 0.5) is 5.95 Å². The summed E-state index contributed by atoms with van der Waals surface area (Å²) in [6, 6.07) is 3.67. The van der Waals surface area contributed by atoms with Crippen LogP contribution in [0.5, 0.6) is 5.75 Å². The fourth-order valence-electron chi connectivity index (χ4n) is 1.76. The number of hydrogen-bond donors (Lipinski definition) is 1. The van der Waals surface area contributed by atoms with E-state index < -0.39 is 0 Å². The molecule has 0 fully saturated rings. The predicted octanol–water partition coefficient (Wildman–Crippen LogP) is 0.777. The molecule has 18 heavy (non-hydrogen) atoms. The van der Waals surface area contributed by atoms with E-state index in [1.165, 1.54) is 6.33 Å². The van der Waals surface area contributed by atoms with Crippen molar-refractivity contribution in [2.75, 3.05) is 12.8 Å². The van der Waals surface area contributed by atoms with Crippen molar-refractivity contribution in [1.82, 2.24) is 24.6 Å². The maximum absolute atomic E-state index is 5.63. The fraction of sp³-hybridized carbons (Fsp3) is 0.0909. The van der Waals surface area contributed by atoms with E-state index in [-0.39, 0.29) is 5.95 Å². The van der Waals surface area contributed by atoms with Gasteiger partial charge in [0.25, 0.3) is 0 Å². The van der Waals surface area contributed by atoms with Crippen LogP contribution in [0.15, 0.2) is 30.9 Å². The van der Waals surface area contributed by atoms with E-state index in [0.717, 1.165) is 11.3 Å². The summed E-state index contributed by atoms with van der Waals surface area (Å²) in [6.45, 7) is 0. The second-order valence-electron chi connectivity index (χ2n) is 3.62. The number of methoxy groups -OCH3 is 1. The molecule has 0 aliphatic heterocycles. The molecule has 2 N–H and O–H groups in total. The number of nitrogen functional groups attached to an aromatic ring is 1. The number of nitrogens with two attached hydrogens (primary N) is 1. The zero-order valence-electron chi connectivity index (χ0n) is 9.61. The maximum Gasteiger partial charge on any atom is 0.240 e. The van der Waals surface area contributed by atoms with Crippen molar-refractivity contribution < 1.29 is 4.74 Å². The molecule has 3 rings (SSSR count). The molecular formula is C11H10N6O. The Labute approximate surface area is 102 Å². The lowest BCUT2D eigenvalue weighted by atomic mass is 10.2. The number of nitrogens with zero attached hydrogens (tertiary/aromatic N) is 5. The SMILES string of the molecule is COc1ccc(-c2cncnc2)n2nc(N)nc12. The van der Waals surface area contributed by atoms with Crippen molar-refractivity contribution in [1.29, 1.82) is 0 Å². The van der Waals surface area contributed by atoms with Gasteiger partial charge in [-0.05, 0) is 12.1 Å². The number of anilines is 1. The first kappa shape index (κ1) is 10.5. The highest BCUT2D eigenvalue weighted by Crippen LogP contribution is 2.25. The molecule has 3 aromatic rings. The normalized spacial score (nSPS) is 10.7. The smallest absolute Gasteiger partial charge is 0.240 e. The molecule has 3 aromatic heterocycles. The Hall–Kier alpha value is -2.70. The van der Waals surface area contributed by atoms with Gasteiger partial charge in [-0.25, -0.2) is 14.5 Å². The minimum atomic E-state index is 0.192.